The number of nitrogens with two attached hydrogens (primary N) is 1. The van der Waals surface area contributed by atoms with Crippen LogP contribution in [0.25, 0.3) is 0 Å². The van der Waals surface area contributed by atoms with Gasteiger partial charge in [-0.25, -0.2) is 0 Å². The highest BCUT2D eigenvalue weighted by Gasteiger charge is 2.30. The van der Waals surface area contributed by atoms with E-state index in [9.17, 15) is 4.79 Å². The highest BCUT2D eigenvalue weighted by atomic mass is 16.5. The Morgan fingerprint density at radius 2 is 2.28 bits per heavy atom. The SMILES string of the molecule is CCCNC(CCN1CCOCC1(C)C)C(N)=O. The summed E-state index contributed by atoms with van der Waals surface area (Å²) >= 11 is 0. The fraction of sp³-hybridized carbons (Fsp3) is 0.923. The summed E-state index contributed by atoms with van der Waals surface area (Å²) in [5.41, 5.74) is 5.46. The zero-order valence-corrected chi connectivity index (χ0v) is 11.9. The van der Waals surface area contributed by atoms with Gasteiger partial charge in [0.05, 0.1) is 19.3 Å². The monoisotopic (exact) mass is 257 g/mol. The van der Waals surface area contributed by atoms with Crippen molar-refractivity contribution in [2.24, 2.45) is 5.73 Å². The third kappa shape index (κ3) is 4.55. The number of carbonyl (C=O) groups is 1. The number of primary amides is 1. The third-order valence-electron chi connectivity index (χ3n) is 3.49. The predicted molar refractivity (Wildman–Crippen MR) is 72.4 cm³/mol. The van der Waals surface area contributed by atoms with E-state index in [1.807, 2.05) is 0 Å². The van der Waals surface area contributed by atoms with Crippen molar-refractivity contribution in [1.29, 1.82) is 0 Å². The second kappa shape index (κ2) is 7.07. The van der Waals surface area contributed by atoms with E-state index in [1.165, 1.54) is 0 Å². The lowest BCUT2D eigenvalue weighted by molar-refractivity contribution is -0.120. The fourth-order valence-electron chi connectivity index (χ4n) is 2.25. The zero-order chi connectivity index (χ0) is 13.6. The molecule has 0 radical (unpaired) electrons. The van der Waals surface area contributed by atoms with Crippen molar-refractivity contribution in [2.45, 2.75) is 45.2 Å². The molecule has 0 bridgehead atoms. The fourth-order valence-corrected chi connectivity index (χ4v) is 2.25. The average Bonchev–Trinajstić information content (AvgIpc) is 2.30. The predicted octanol–water partition coefficient (Wildman–Crippen LogP) is 0.341. The molecule has 0 aromatic carbocycles. The van der Waals surface area contributed by atoms with Crippen LogP contribution in [0.15, 0.2) is 0 Å². The number of amides is 1. The highest BCUT2D eigenvalue weighted by Crippen LogP contribution is 2.19. The van der Waals surface area contributed by atoms with Crippen LogP contribution in [0, 0.1) is 0 Å². The van der Waals surface area contributed by atoms with E-state index in [-0.39, 0.29) is 17.5 Å². The van der Waals surface area contributed by atoms with E-state index < -0.39 is 0 Å². The Hall–Kier alpha value is -0.650. The van der Waals surface area contributed by atoms with E-state index in [4.69, 9.17) is 10.5 Å². The van der Waals surface area contributed by atoms with Crippen LogP contribution < -0.4 is 11.1 Å². The van der Waals surface area contributed by atoms with Crippen LogP contribution in [0.5, 0.6) is 0 Å². The minimum atomic E-state index is -0.255. The number of rotatable bonds is 7. The standard InChI is InChI=1S/C13H27N3O2/c1-4-6-15-11(12(14)17)5-7-16-8-9-18-10-13(16,2)3/h11,15H,4-10H2,1-3H3,(H2,14,17). The van der Waals surface area contributed by atoms with Gasteiger partial charge in [-0.15, -0.1) is 0 Å². The first-order valence-electron chi connectivity index (χ1n) is 6.83. The van der Waals surface area contributed by atoms with Crippen LogP contribution in [0.1, 0.15) is 33.6 Å². The van der Waals surface area contributed by atoms with Crippen molar-refractivity contribution in [3.8, 4) is 0 Å². The molecule has 1 heterocycles. The van der Waals surface area contributed by atoms with Gasteiger partial charge in [0.15, 0.2) is 0 Å². The molecule has 0 aromatic heterocycles. The maximum atomic E-state index is 11.4. The van der Waals surface area contributed by atoms with Gasteiger partial charge >= 0.3 is 0 Å². The van der Waals surface area contributed by atoms with Crippen molar-refractivity contribution >= 4 is 5.91 Å². The molecule has 1 fully saturated rings. The Balaban J connectivity index is 2.43. The number of morpholine rings is 1. The van der Waals surface area contributed by atoms with Gasteiger partial charge in [-0.2, -0.15) is 0 Å². The molecule has 0 spiro atoms. The molecular weight excluding hydrogens is 230 g/mol. The number of nitrogens with zero attached hydrogens (tertiary/aromatic N) is 1. The van der Waals surface area contributed by atoms with Crippen LogP contribution >= 0.6 is 0 Å². The van der Waals surface area contributed by atoms with Crippen LogP contribution in [0.3, 0.4) is 0 Å². The molecule has 0 saturated carbocycles. The molecule has 1 rings (SSSR count). The molecule has 18 heavy (non-hydrogen) atoms. The van der Waals surface area contributed by atoms with E-state index in [2.05, 4.69) is 31.0 Å². The van der Waals surface area contributed by atoms with Gasteiger partial charge in [0, 0.05) is 18.6 Å². The largest absolute Gasteiger partial charge is 0.378 e. The van der Waals surface area contributed by atoms with Crippen molar-refractivity contribution in [3.05, 3.63) is 0 Å². The summed E-state index contributed by atoms with van der Waals surface area (Å²) in [6.07, 6.45) is 1.77. The topological polar surface area (TPSA) is 67.6 Å². The Morgan fingerprint density at radius 1 is 1.56 bits per heavy atom. The summed E-state index contributed by atoms with van der Waals surface area (Å²) in [5.74, 6) is -0.255. The van der Waals surface area contributed by atoms with Gasteiger partial charge in [-0.05, 0) is 33.2 Å². The van der Waals surface area contributed by atoms with Gasteiger partial charge in [0.2, 0.25) is 5.91 Å². The maximum Gasteiger partial charge on any atom is 0.234 e. The number of hydrogen-bond acceptors (Lipinski definition) is 4. The second-order valence-corrected chi connectivity index (χ2v) is 5.55. The lowest BCUT2D eigenvalue weighted by Crippen LogP contribution is -2.54. The van der Waals surface area contributed by atoms with Crippen LogP contribution in [0.2, 0.25) is 0 Å². The molecule has 1 atom stereocenters. The minimum Gasteiger partial charge on any atom is -0.378 e. The molecule has 1 amide bonds. The number of carbonyl (C=O) groups excluding carboxylic acids is 1. The van der Waals surface area contributed by atoms with Crippen molar-refractivity contribution in [3.63, 3.8) is 0 Å². The molecule has 0 aromatic rings. The summed E-state index contributed by atoms with van der Waals surface area (Å²) in [4.78, 5) is 13.7. The molecule has 1 aliphatic rings. The Kier molecular flexibility index (Phi) is 6.05. The molecule has 5 heteroatoms. The third-order valence-corrected chi connectivity index (χ3v) is 3.49. The summed E-state index contributed by atoms with van der Waals surface area (Å²) in [7, 11) is 0. The van der Waals surface area contributed by atoms with Crippen LogP contribution in [0.4, 0.5) is 0 Å². The van der Waals surface area contributed by atoms with E-state index in [0.717, 1.165) is 45.7 Å². The Labute approximate surface area is 110 Å². The van der Waals surface area contributed by atoms with Gasteiger partial charge in [-0.1, -0.05) is 6.92 Å². The van der Waals surface area contributed by atoms with Gasteiger partial charge < -0.3 is 15.8 Å². The van der Waals surface area contributed by atoms with Gasteiger partial charge in [0.25, 0.3) is 0 Å². The first kappa shape index (κ1) is 15.4. The molecule has 3 N–H and O–H groups in total. The molecule has 1 aliphatic heterocycles. The first-order valence-corrected chi connectivity index (χ1v) is 6.83. The number of nitrogens with one attached hydrogen (secondary N) is 1. The van der Waals surface area contributed by atoms with Crippen LogP contribution in [-0.2, 0) is 9.53 Å². The summed E-state index contributed by atoms with van der Waals surface area (Å²) in [5, 5.41) is 3.20. The van der Waals surface area contributed by atoms with Crippen molar-refractivity contribution < 1.29 is 9.53 Å². The lowest BCUT2D eigenvalue weighted by Gasteiger charge is -2.42. The normalized spacial score (nSPS) is 21.7. The molecule has 1 unspecified atom stereocenters. The van der Waals surface area contributed by atoms with E-state index in [1.54, 1.807) is 0 Å². The minimum absolute atomic E-state index is 0.0468. The number of ether oxygens (including phenoxy) is 1. The quantitative estimate of drug-likeness (QED) is 0.690. The van der Waals surface area contributed by atoms with Gasteiger partial charge in [-0.3, -0.25) is 9.69 Å². The summed E-state index contributed by atoms with van der Waals surface area (Å²) < 4.78 is 5.49. The number of hydrogen-bond donors (Lipinski definition) is 2. The molecule has 5 nitrogen and oxygen atoms in total. The highest BCUT2D eigenvalue weighted by molar-refractivity contribution is 5.79. The van der Waals surface area contributed by atoms with E-state index >= 15 is 0 Å². The Bertz CT molecular complexity index is 269. The van der Waals surface area contributed by atoms with E-state index in [0.29, 0.717) is 0 Å². The first-order chi connectivity index (χ1) is 8.47. The smallest absolute Gasteiger partial charge is 0.234 e. The van der Waals surface area contributed by atoms with Crippen molar-refractivity contribution in [2.75, 3.05) is 32.8 Å². The zero-order valence-electron chi connectivity index (χ0n) is 11.9. The summed E-state index contributed by atoms with van der Waals surface area (Å²) in [6.45, 7) is 10.6. The molecule has 106 valence electrons. The molecular formula is C13H27N3O2. The summed E-state index contributed by atoms with van der Waals surface area (Å²) in [6, 6.07) is -0.219. The Morgan fingerprint density at radius 3 is 2.83 bits per heavy atom. The average molecular weight is 257 g/mol. The molecule has 1 saturated heterocycles. The lowest BCUT2D eigenvalue weighted by atomic mass is 10.0. The second-order valence-electron chi connectivity index (χ2n) is 5.55. The van der Waals surface area contributed by atoms with Crippen LogP contribution in [-0.4, -0.2) is 55.2 Å². The van der Waals surface area contributed by atoms with Crippen molar-refractivity contribution in [1.82, 2.24) is 10.2 Å². The molecule has 0 aliphatic carbocycles. The van der Waals surface area contributed by atoms with Gasteiger partial charge in [0.1, 0.15) is 0 Å². The maximum absolute atomic E-state index is 11.4.